The number of hydrogen-bond donors (Lipinski definition) is 2. The first kappa shape index (κ1) is 11.9. The van der Waals surface area contributed by atoms with Crippen LogP contribution in [0.15, 0.2) is 53.3 Å². The van der Waals surface area contributed by atoms with E-state index < -0.39 is 0 Å². The summed E-state index contributed by atoms with van der Waals surface area (Å²) in [5.41, 5.74) is 5.07. The highest BCUT2D eigenvalue weighted by molar-refractivity contribution is 5.30. The van der Waals surface area contributed by atoms with E-state index in [2.05, 4.69) is 31.4 Å². The molecule has 90 valence electrons. The average Bonchev–Trinajstić information content (AvgIpc) is 2.84. The number of hydrogen-bond acceptors (Lipinski definition) is 3. The summed E-state index contributed by atoms with van der Waals surface area (Å²) in [5, 5.41) is 0. The fraction of sp³-hybridized carbons (Fsp3) is 0.286. The van der Waals surface area contributed by atoms with Crippen LogP contribution in [0.1, 0.15) is 31.0 Å². The van der Waals surface area contributed by atoms with Gasteiger partial charge < -0.3 is 4.42 Å². The van der Waals surface area contributed by atoms with E-state index in [1.807, 2.05) is 24.3 Å². The van der Waals surface area contributed by atoms with Crippen molar-refractivity contribution < 1.29 is 4.42 Å². The number of hydrazine groups is 1. The molecule has 0 amide bonds. The van der Waals surface area contributed by atoms with Gasteiger partial charge >= 0.3 is 0 Å². The van der Waals surface area contributed by atoms with Crippen LogP contribution in [-0.2, 0) is 5.41 Å². The molecule has 1 heterocycles. The summed E-state index contributed by atoms with van der Waals surface area (Å²) in [4.78, 5) is 0. The zero-order valence-electron chi connectivity index (χ0n) is 10.2. The molecule has 0 aliphatic rings. The Morgan fingerprint density at radius 1 is 1.18 bits per heavy atom. The molecule has 0 aliphatic carbocycles. The number of rotatable bonds is 4. The van der Waals surface area contributed by atoms with Crippen LogP contribution in [0.2, 0.25) is 0 Å². The second-order valence-electron chi connectivity index (χ2n) is 4.74. The molecular weight excluding hydrogens is 212 g/mol. The molecule has 17 heavy (non-hydrogen) atoms. The minimum Gasteiger partial charge on any atom is -0.472 e. The van der Waals surface area contributed by atoms with Gasteiger partial charge in [-0.25, -0.2) is 0 Å². The minimum atomic E-state index is -0.111. The van der Waals surface area contributed by atoms with Crippen LogP contribution < -0.4 is 11.3 Å². The second-order valence-corrected chi connectivity index (χ2v) is 4.74. The lowest BCUT2D eigenvalue weighted by Crippen LogP contribution is -2.40. The molecule has 0 fully saturated rings. The van der Waals surface area contributed by atoms with Gasteiger partial charge in [-0.05, 0) is 11.6 Å². The Balaban J connectivity index is 2.37. The molecule has 0 spiro atoms. The zero-order chi connectivity index (χ0) is 12.3. The normalized spacial score (nSPS) is 13.6. The molecule has 1 aromatic heterocycles. The van der Waals surface area contributed by atoms with Gasteiger partial charge in [-0.2, -0.15) is 0 Å². The smallest absolute Gasteiger partial charge is 0.0951 e. The van der Waals surface area contributed by atoms with E-state index in [4.69, 9.17) is 10.3 Å². The molecule has 0 aliphatic heterocycles. The molecule has 0 saturated heterocycles. The summed E-state index contributed by atoms with van der Waals surface area (Å²) in [7, 11) is 0. The van der Waals surface area contributed by atoms with Crippen molar-refractivity contribution in [1.82, 2.24) is 5.43 Å². The summed E-state index contributed by atoms with van der Waals surface area (Å²) in [6.45, 7) is 4.33. The molecule has 3 N–H and O–H groups in total. The van der Waals surface area contributed by atoms with E-state index in [-0.39, 0.29) is 11.5 Å². The SMILES string of the molecule is CC(C)(c1ccccc1)C(NN)c1ccoc1. The predicted molar refractivity (Wildman–Crippen MR) is 68.2 cm³/mol. The fourth-order valence-electron chi connectivity index (χ4n) is 2.19. The van der Waals surface area contributed by atoms with Gasteiger partial charge in [-0.3, -0.25) is 11.3 Å². The molecule has 3 heteroatoms. The lowest BCUT2D eigenvalue weighted by Gasteiger charge is -2.33. The quantitative estimate of drug-likeness (QED) is 0.627. The van der Waals surface area contributed by atoms with Gasteiger partial charge in [0, 0.05) is 11.0 Å². The molecule has 3 nitrogen and oxygen atoms in total. The number of nitrogens with one attached hydrogen (secondary N) is 1. The van der Waals surface area contributed by atoms with Gasteiger partial charge in [-0.1, -0.05) is 44.2 Å². The van der Waals surface area contributed by atoms with Crippen molar-refractivity contribution >= 4 is 0 Å². The highest BCUT2D eigenvalue weighted by atomic mass is 16.3. The Hall–Kier alpha value is -1.58. The fourth-order valence-corrected chi connectivity index (χ4v) is 2.19. The first-order valence-electron chi connectivity index (χ1n) is 5.70. The number of furan rings is 1. The maximum absolute atomic E-state index is 5.70. The summed E-state index contributed by atoms with van der Waals surface area (Å²) in [6.07, 6.45) is 3.40. The molecule has 1 unspecified atom stereocenters. The van der Waals surface area contributed by atoms with Crippen LogP contribution in [0.25, 0.3) is 0 Å². The molecular formula is C14H18N2O. The Morgan fingerprint density at radius 2 is 1.88 bits per heavy atom. The molecule has 2 aromatic rings. The van der Waals surface area contributed by atoms with Crippen molar-refractivity contribution in [2.24, 2.45) is 5.84 Å². The Morgan fingerprint density at radius 3 is 2.41 bits per heavy atom. The third-order valence-electron chi connectivity index (χ3n) is 3.28. The van der Waals surface area contributed by atoms with E-state index in [9.17, 15) is 0 Å². The standard InChI is InChI=1S/C14H18N2O/c1-14(2,12-6-4-3-5-7-12)13(16-15)11-8-9-17-10-11/h3-10,13,16H,15H2,1-2H3. The van der Waals surface area contributed by atoms with Crippen LogP contribution in [-0.4, -0.2) is 0 Å². The second kappa shape index (κ2) is 4.73. The molecule has 0 radical (unpaired) electrons. The molecule has 1 aromatic carbocycles. The van der Waals surface area contributed by atoms with Crippen molar-refractivity contribution in [3.05, 3.63) is 60.1 Å². The van der Waals surface area contributed by atoms with E-state index in [1.54, 1.807) is 12.5 Å². The number of benzene rings is 1. The third-order valence-corrected chi connectivity index (χ3v) is 3.28. The van der Waals surface area contributed by atoms with Crippen LogP contribution >= 0.6 is 0 Å². The van der Waals surface area contributed by atoms with Gasteiger partial charge in [-0.15, -0.1) is 0 Å². The van der Waals surface area contributed by atoms with Crippen LogP contribution in [0, 0.1) is 0 Å². The van der Waals surface area contributed by atoms with Gasteiger partial charge in [0.2, 0.25) is 0 Å². The largest absolute Gasteiger partial charge is 0.472 e. The van der Waals surface area contributed by atoms with Crippen molar-refractivity contribution in [1.29, 1.82) is 0 Å². The maximum Gasteiger partial charge on any atom is 0.0951 e. The average molecular weight is 230 g/mol. The van der Waals surface area contributed by atoms with E-state index in [0.717, 1.165) is 5.56 Å². The molecule has 2 rings (SSSR count). The Bertz CT molecular complexity index is 448. The van der Waals surface area contributed by atoms with Gasteiger partial charge in [0.1, 0.15) is 0 Å². The van der Waals surface area contributed by atoms with E-state index in [0.29, 0.717) is 0 Å². The predicted octanol–water partition coefficient (Wildman–Crippen LogP) is 2.76. The van der Waals surface area contributed by atoms with Crippen LogP contribution in [0.5, 0.6) is 0 Å². The first-order valence-corrected chi connectivity index (χ1v) is 5.70. The summed E-state index contributed by atoms with van der Waals surface area (Å²) < 4.78 is 5.13. The topological polar surface area (TPSA) is 51.2 Å². The van der Waals surface area contributed by atoms with Crippen molar-refractivity contribution in [2.45, 2.75) is 25.3 Å². The minimum absolute atomic E-state index is 0.0173. The van der Waals surface area contributed by atoms with E-state index >= 15 is 0 Å². The number of nitrogens with two attached hydrogens (primary N) is 1. The molecule has 0 bridgehead atoms. The lowest BCUT2D eigenvalue weighted by molar-refractivity contribution is 0.350. The lowest BCUT2D eigenvalue weighted by atomic mass is 9.76. The first-order chi connectivity index (χ1) is 8.16. The Labute approximate surface area is 102 Å². The Kier molecular flexibility index (Phi) is 3.31. The molecule has 0 saturated carbocycles. The summed E-state index contributed by atoms with van der Waals surface area (Å²) >= 11 is 0. The zero-order valence-corrected chi connectivity index (χ0v) is 10.2. The van der Waals surface area contributed by atoms with Gasteiger partial charge in [0.25, 0.3) is 0 Å². The highest BCUT2D eigenvalue weighted by Crippen LogP contribution is 2.36. The third kappa shape index (κ3) is 2.25. The molecule has 1 atom stereocenters. The van der Waals surface area contributed by atoms with Gasteiger partial charge in [0.05, 0.1) is 18.6 Å². The van der Waals surface area contributed by atoms with Gasteiger partial charge in [0.15, 0.2) is 0 Å². The van der Waals surface area contributed by atoms with Crippen molar-refractivity contribution in [3.63, 3.8) is 0 Å². The van der Waals surface area contributed by atoms with E-state index in [1.165, 1.54) is 5.56 Å². The monoisotopic (exact) mass is 230 g/mol. The highest BCUT2D eigenvalue weighted by Gasteiger charge is 2.32. The van der Waals surface area contributed by atoms with Crippen molar-refractivity contribution in [2.75, 3.05) is 0 Å². The summed E-state index contributed by atoms with van der Waals surface area (Å²) in [6, 6.07) is 12.3. The van der Waals surface area contributed by atoms with Crippen LogP contribution in [0.3, 0.4) is 0 Å². The summed E-state index contributed by atoms with van der Waals surface area (Å²) in [5.74, 6) is 5.70. The maximum atomic E-state index is 5.70. The van der Waals surface area contributed by atoms with Crippen molar-refractivity contribution in [3.8, 4) is 0 Å². The van der Waals surface area contributed by atoms with Crippen LogP contribution in [0.4, 0.5) is 0 Å².